The number of aromatic hydroxyl groups is 1. The standard InChI is InChI=1S/C33H20F4I2O10S/c34-24-26(36)30(50(44,45)46)27(37)25(35)29(24)49-33(43)23-21-16-7-3-1-5-14(16)20(15-6-2-4-8-17(15)21)22(23)32(42)48-10-9-47-31(41)13-11-18(38)28(40)19(39)12-13/h1-8,11-12,20-23,40H,9-10H2,(H,44,45,46). The lowest BCUT2D eigenvalue weighted by Crippen LogP contribution is -2.49. The van der Waals surface area contributed by atoms with Crippen molar-refractivity contribution in [1.29, 1.82) is 0 Å². The van der Waals surface area contributed by atoms with E-state index >= 15 is 0 Å². The third-order valence-electron chi connectivity index (χ3n) is 8.44. The minimum absolute atomic E-state index is 0.00875. The van der Waals surface area contributed by atoms with Crippen molar-refractivity contribution in [3.05, 3.63) is 119 Å². The molecule has 0 aromatic heterocycles. The van der Waals surface area contributed by atoms with Gasteiger partial charge in [0.1, 0.15) is 19.0 Å². The monoisotopic (exact) mass is 938 g/mol. The number of esters is 3. The van der Waals surface area contributed by atoms with Crippen LogP contribution in [0.3, 0.4) is 0 Å². The smallest absolute Gasteiger partial charge is 0.338 e. The Morgan fingerprint density at radius 1 is 0.700 bits per heavy atom. The van der Waals surface area contributed by atoms with E-state index in [1.807, 2.05) is 45.2 Å². The zero-order valence-corrected chi connectivity index (χ0v) is 30.0. The van der Waals surface area contributed by atoms with E-state index in [9.17, 15) is 45.5 Å². The second-order valence-electron chi connectivity index (χ2n) is 11.2. The van der Waals surface area contributed by atoms with E-state index in [1.54, 1.807) is 48.5 Å². The van der Waals surface area contributed by atoms with Crippen LogP contribution in [-0.2, 0) is 29.2 Å². The molecular formula is C33H20F4I2O10S. The summed E-state index contributed by atoms with van der Waals surface area (Å²) >= 11 is 3.68. The minimum Gasteiger partial charge on any atom is -0.506 e. The molecule has 17 heteroatoms. The molecule has 0 saturated heterocycles. The van der Waals surface area contributed by atoms with Crippen molar-refractivity contribution in [3.8, 4) is 11.5 Å². The highest BCUT2D eigenvalue weighted by Crippen LogP contribution is 2.59. The number of rotatable bonds is 8. The molecular weight excluding hydrogens is 918 g/mol. The van der Waals surface area contributed by atoms with Crippen molar-refractivity contribution in [2.24, 2.45) is 11.8 Å². The van der Waals surface area contributed by atoms with Gasteiger partial charge in [-0.15, -0.1) is 0 Å². The molecule has 0 heterocycles. The molecule has 50 heavy (non-hydrogen) atoms. The van der Waals surface area contributed by atoms with Crippen molar-refractivity contribution < 1.29 is 64.2 Å². The van der Waals surface area contributed by atoms with Gasteiger partial charge in [0.15, 0.2) is 16.5 Å². The maximum Gasteiger partial charge on any atom is 0.338 e. The van der Waals surface area contributed by atoms with Gasteiger partial charge in [-0.25, -0.2) is 13.6 Å². The SMILES string of the molecule is O=C(OCCOC(=O)C1C2c3ccccc3C(c3ccccc32)C1C(=O)Oc1c(F)c(F)c(S(=O)(=O)O)c(F)c1F)c1cc(I)c(O)c(I)c1. The van der Waals surface area contributed by atoms with Crippen LogP contribution in [0.15, 0.2) is 65.6 Å². The summed E-state index contributed by atoms with van der Waals surface area (Å²) in [6, 6.07) is 16.4. The molecule has 0 amide bonds. The van der Waals surface area contributed by atoms with Gasteiger partial charge in [-0.1, -0.05) is 48.5 Å². The van der Waals surface area contributed by atoms with Gasteiger partial charge in [0.25, 0.3) is 0 Å². The maximum atomic E-state index is 15.0. The van der Waals surface area contributed by atoms with Crippen LogP contribution in [-0.4, -0.2) is 49.2 Å². The summed E-state index contributed by atoms with van der Waals surface area (Å²) in [5.41, 5.74) is 2.53. The Bertz CT molecular complexity index is 2120. The minimum atomic E-state index is -5.78. The number of halogens is 6. The predicted molar refractivity (Wildman–Crippen MR) is 180 cm³/mol. The van der Waals surface area contributed by atoms with Gasteiger partial charge in [0.2, 0.25) is 17.4 Å². The van der Waals surface area contributed by atoms with Crippen molar-refractivity contribution in [1.82, 2.24) is 0 Å². The molecule has 0 spiro atoms. The lowest BCUT2D eigenvalue weighted by Gasteiger charge is -2.48. The molecule has 4 aromatic rings. The van der Waals surface area contributed by atoms with Crippen molar-refractivity contribution >= 4 is 73.2 Å². The summed E-state index contributed by atoms with van der Waals surface area (Å²) in [7, 11) is -5.78. The molecule has 0 aliphatic heterocycles. The first-order chi connectivity index (χ1) is 23.6. The molecule has 3 aliphatic rings. The van der Waals surface area contributed by atoms with Crippen molar-refractivity contribution in [2.45, 2.75) is 16.7 Å². The number of fused-ring (bicyclic) bond motifs is 1. The fourth-order valence-corrected chi connectivity index (χ4v) is 8.86. The Balaban J connectivity index is 1.32. The summed E-state index contributed by atoms with van der Waals surface area (Å²) in [5.74, 6) is -19.9. The summed E-state index contributed by atoms with van der Waals surface area (Å²) in [4.78, 5) is 38.0. The molecule has 10 nitrogen and oxygen atoms in total. The van der Waals surface area contributed by atoms with E-state index < -0.39 is 98.8 Å². The van der Waals surface area contributed by atoms with Crippen LogP contribution >= 0.6 is 45.2 Å². The molecule has 0 saturated carbocycles. The van der Waals surface area contributed by atoms with Crippen molar-refractivity contribution in [2.75, 3.05) is 13.2 Å². The fourth-order valence-electron chi connectivity index (χ4n) is 6.46. The van der Waals surface area contributed by atoms with E-state index in [4.69, 9.17) is 18.8 Å². The number of hydrogen-bond donors (Lipinski definition) is 2. The normalized spacial score (nSPS) is 18.9. The van der Waals surface area contributed by atoms with Gasteiger partial charge in [0, 0.05) is 11.8 Å². The molecule has 260 valence electrons. The Kier molecular flexibility index (Phi) is 9.87. The lowest BCUT2D eigenvalue weighted by molar-refractivity contribution is -0.160. The first-order valence-corrected chi connectivity index (χ1v) is 18.0. The summed E-state index contributed by atoms with van der Waals surface area (Å²) < 4.78 is 107. The average Bonchev–Trinajstić information content (AvgIpc) is 3.08. The van der Waals surface area contributed by atoms with Crippen LogP contribution in [0.4, 0.5) is 17.6 Å². The van der Waals surface area contributed by atoms with Crippen LogP contribution in [0.1, 0.15) is 44.4 Å². The molecule has 0 radical (unpaired) electrons. The van der Waals surface area contributed by atoms with Gasteiger partial charge in [-0.3, -0.25) is 14.1 Å². The third-order valence-corrected chi connectivity index (χ3v) is 11.0. The van der Waals surface area contributed by atoms with Crippen molar-refractivity contribution in [3.63, 3.8) is 0 Å². The zero-order chi connectivity index (χ0) is 36.2. The van der Waals surface area contributed by atoms with E-state index in [-0.39, 0.29) is 11.3 Å². The molecule has 2 atom stereocenters. The first kappa shape index (κ1) is 36.0. The Labute approximate surface area is 307 Å². The van der Waals surface area contributed by atoms with Gasteiger partial charge in [-0.2, -0.15) is 17.2 Å². The quantitative estimate of drug-likeness (QED) is 0.0396. The molecule has 3 aliphatic carbocycles. The van der Waals surface area contributed by atoms with Crippen LogP contribution in [0.5, 0.6) is 11.5 Å². The van der Waals surface area contributed by atoms with Crippen LogP contribution in [0.2, 0.25) is 0 Å². The summed E-state index contributed by atoms with van der Waals surface area (Å²) in [6.07, 6.45) is 0. The number of ether oxygens (including phenoxy) is 3. The first-order valence-electron chi connectivity index (χ1n) is 14.4. The van der Waals surface area contributed by atoms with E-state index in [0.29, 0.717) is 29.4 Å². The van der Waals surface area contributed by atoms with Crippen LogP contribution in [0, 0.1) is 42.2 Å². The van der Waals surface area contributed by atoms with Crippen LogP contribution < -0.4 is 4.74 Å². The number of hydrogen-bond acceptors (Lipinski definition) is 9. The number of carbonyl (C=O) groups excluding carboxylic acids is 3. The summed E-state index contributed by atoms with van der Waals surface area (Å²) in [5, 5.41) is 9.95. The number of phenols is 1. The number of carbonyl (C=O) groups is 3. The second-order valence-corrected chi connectivity index (χ2v) is 14.8. The van der Waals surface area contributed by atoms with Gasteiger partial charge in [0.05, 0.1) is 24.5 Å². The van der Waals surface area contributed by atoms with E-state index in [1.165, 1.54) is 12.1 Å². The Hall–Kier alpha value is -3.82. The highest BCUT2D eigenvalue weighted by molar-refractivity contribution is 14.1. The highest BCUT2D eigenvalue weighted by atomic mass is 127. The number of benzene rings is 4. The predicted octanol–water partition coefficient (Wildman–Crippen LogP) is 6.23. The molecule has 2 bridgehead atoms. The zero-order valence-electron chi connectivity index (χ0n) is 24.8. The largest absolute Gasteiger partial charge is 0.506 e. The van der Waals surface area contributed by atoms with Gasteiger partial charge >= 0.3 is 28.0 Å². The molecule has 0 fully saturated rings. The van der Waals surface area contributed by atoms with E-state index in [2.05, 4.69) is 0 Å². The van der Waals surface area contributed by atoms with Gasteiger partial charge < -0.3 is 19.3 Å². The lowest BCUT2D eigenvalue weighted by atomic mass is 9.54. The summed E-state index contributed by atoms with van der Waals surface area (Å²) in [6.45, 7) is -0.899. The molecule has 7 rings (SSSR count). The van der Waals surface area contributed by atoms with E-state index in [0.717, 1.165) is 0 Å². The highest BCUT2D eigenvalue weighted by Gasteiger charge is 2.57. The maximum absolute atomic E-state index is 15.0. The van der Waals surface area contributed by atoms with Gasteiger partial charge in [-0.05, 0) is 79.6 Å². The molecule has 4 aromatic carbocycles. The molecule has 2 unspecified atom stereocenters. The second kappa shape index (κ2) is 13.7. The van der Waals surface area contributed by atoms with Crippen LogP contribution in [0.25, 0.3) is 0 Å². The fraction of sp³-hybridized carbons (Fsp3) is 0.182. The average molecular weight is 938 g/mol. The number of phenolic OH excluding ortho intramolecular Hbond substituents is 1. The molecule has 2 N–H and O–H groups in total. The Morgan fingerprint density at radius 3 is 1.56 bits per heavy atom. The third kappa shape index (κ3) is 6.21. The Morgan fingerprint density at radius 2 is 1.12 bits per heavy atom. The topological polar surface area (TPSA) is 153 Å².